The van der Waals surface area contributed by atoms with Crippen molar-refractivity contribution < 1.29 is 14.6 Å². The lowest BCUT2D eigenvalue weighted by Gasteiger charge is -2.19. The zero-order valence-electron chi connectivity index (χ0n) is 11.7. The second-order valence-corrected chi connectivity index (χ2v) is 5.89. The van der Waals surface area contributed by atoms with Crippen molar-refractivity contribution in [2.45, 2.75) is 51.7 Å². The van der Waals surface area contributed by atoms with E-state index in [0.717, 1.165) is 25.8 Å². The van der Waals surface area contributed by atoms with Gasteiger partial charge >= 0.3 is 6.09 Å². The minimum absolute atomic E-state index is 0.205. The van der Waals surface area contributed by atoms with E-state index in [1.807, 2.05) is 20.8 Å². The number of amides is 1. The van der Waals surface area contributed by atoms with Crippen LogP contribution in [-0.4, -0.2) is 42.5 Å². The molecule has 5 heteroatoms. The number of aliphatic hydroxyl groups excluding tert-OH is 1. The molecule has 5 nitrogen and oxygen atoms in total. The van der Waals surface area contributed by atoms with Crippen molar-refractivity contribution in [3.63, 3.8) is 0 Å². The van der Waals surface area contributed by atoms with Crippen molar-refractivity contribution in [2.75, 3.05) is 19.6 Å². The summed E-state index contributed by atoms with van der Waals surface area (Å²) < 4.78 is 5.11. The smallest absolute Gasteiger partial charge is 0.407 e. The van der Waals surface area contributed by atoms with Crippen LogP contribution in [0.25, 0.3) is 0 Å². The van der Waals surface area contributed by atoms with Crippen LogP contribution in [0.4, 0.5) is 4.79 Å². The highest BCUT2D eigenvalue weighted by molar-refractivity contribution is 5.67. The summed E-state index contributed by atoms with van der Waals surface area (Å²) in [7, 11) is 0. The van der Waals surface area contributed by atoms with Gasteiger partial charge in [0.05, 0.1) is 6.10 Å². The molecular weight excluding hydrogens is 232 g/mol. The van der Waals surface area contributed by atoms with Gasteiger partial charge in [-0.05, 0) is 52.5 Å². The average Bonchev–Trinajstić information content (AvgIpc) is 3.03. The van der Waals surface area contributed by atoms with E-state index in [-0.39, 0.29) is 12.2 Å². The van der Waals surface area contributed by atoms with E-state index in [9.17, 15) is 9.90 Å². The van der Waals surface area contributed by atoms with Crippen molar-refractivity contribution >= 4 is 6.09 Å². The third kappa shape index (κ3) is 7.50. The van der Waals surface area contributed by atoms with Crippen LogP contribution in [0.2, 0.25) is 0 Å². The molecule has 0 aromatic heterocycles. The maximum Gasteiger partial charge on any atom is 0.407 e. The summed E-state index contributed by atoms with van der Waals surface area (Å²) in [6, 6.07) is 0. The average molecular weight is 258 g/mol. The lowest BCUT2D eigenvalue weighted by molar-refractivity contribution is 0.0527. The third-order valence-corrected chi connectivity index (χ3v) is 2.72. The lowest BCUT2D eigenvalue weighted by atomic mass is 10.2. The van der Waals surface area contributed by atoms with Gasteiger partial charge in [-0.3, -0.25) is 0 Å². The molecule has 0 heterocycles. The molecular formula is C13H26N2O3. The number of carbonyl (C=O) groups excluding carboxylic acids is 1. The molecule has 3 N–H and O–H groups in total. The van der Waals surface area contributed by atoms with Crippen LogP contribution in [-0.2, 0) is 4.74 Å². The van der Waals surface area contributed by atoms with Gasteiger partial charge in [0.15, 0.2) is 0 Å². The Hall–Kier alpha value is -0.810. The maximum absolute atomic E-state index is 11.3. The fourth-order valence-corrected chi connectivity index (χ4v) is 1.62. The van der Waals surface area contributed by atoms with Crippen molar-refractivity contribution in [1.82, 2.24) is 10.6 Å². The van der Waals surface area contributed by atoms with E-state index in [4.69, 9.17) is 4.74 Å². The molecule has 1 aliphatic carbocycles. The van der Waals surface area contributed by atoms with Crippen LogP contribution in [0, 0.1) is 5.92 Å². The summed E-state index contributed by atoms with van der Waals surface area (Å²) in [4.78, 5) is 11.3. The largest absolute Gasteiger partial charge is 0.444 e. The number of hydrogen-bond donors (Lipinski definition) is 3. The van der Waals surface area contributed by atoms with E-state index in [1.165, 1.54) is 0 Å². The summed E-state index contributed by atoms with van der Waals surface area (Å²) in [6.07, 6.45) is 2.56. The van der Waals surface area contributed by atoms with Gasteiger partial charge in [0.25, 0.3) is 0 Å². The Morgan fingerprint density at radius 2 is 2.06 bits per heavy atom. The van der Waals surface area contributed by atoms with Crippen LogP contribution in [0.1, 0.15) is 40.0 Å². The highest BCUT2D eigenvalue weighted by Gasteiger charge is 2.28. The Labute approximate surface area is 109 Å². The predicted octanol–water partition coefficient (Wildman–Crippen LogP) is 1.26. The van der Waals surface area contributed by atoms with E-state index < -0.39 is 5.60 Å². The topological polar surface area (TPSA) is 70.6 Å². The van der Waals surface area contributed by atoms with Crippen LogP contribution >= 0.6 is 0 Å². The number of nitrogens with one attached hydrogen (secondary N) is 2. The third-order valence-electron chi connectivity index (χ3n) is 2.72. The summed E-state index contributed by atoms with van der Waals surface area (Å²) in [5, 5.41) is 15.5. The molecule has 0 aliphatic heterocycles. The normalized spacial score (nSPS) is 17.3. The molecule has 0 saturated heterocycles. The molecule has 1 unspecified atom stereocenters. The minimum Gasteiger partial charge on any atom is -0.444 e. The molecule has 1 saturated carbocycles. The van der Waals surface area contributed by atoms with E-state index in [1.54, 1.807) is 0 Å². The number of aliphatic hydroxyl groups is 1. The number of ether oxygens (including phenoxy) is 1. The number of rotatable bonds is 7. The molecule has 0 radical (unpaired) electrons. The van der Waals surface area contributed by atoms with E-state index >= 15 is 0 Å². The zero-order chi connectivity index (χ0) is 13.6. The van der Waals surface area contributed by atoms with Crippen LogP contribution in [0.3, 0.4) is 0 Å². The zero-order valence-corrected chi connectivity index (χ0v) is 11.7. The minimum atomic E-state index is -0.448. The molecule has 1 aliphatic rings. The molecule has 1 amide bonds. The van der Waals surface area contributed by atoms with Crippen LogP contribution < -0.4 is 10.6 Å². The van der Waals surface area contributed by atoms with Gasteiger partial charge in [0.2, 0.25) is 0 Å². The maximum atomic E-state index is 11.3. The van der Waals surface area contributed by atoms with Crippen molar-refractivity contribution in [1.29, 1.82) is 0 Å². The second-order valence-electron chi connectivity index (χ2n) is 5.89. The van der Waals surface area contributed by atoms with Crippen LogP contribution in [0.15, 0.2) is 0 Å². The fraction of sp³-hybridized carbons (Fsp3) is 0.923. The monoisotopic (exact) mass is 258 g/mol. The Kier molecular flexibility index (Phi) is 5.88. The molecule has 0 aromatic rings. The number of hydrogen-bond acceptors (Lipinski definition) is 4. The molecule has 106 valence electrons. The van der Waals surface area contributed by atoms with Crippen molar-refractivity contribution in [2.24, 2.45) is 5.92 Å². The molecule has 0 bridgehead atoms. The summed E-state index contributed by atoms with van der Waals surface area (Å²) in [6.45, 7) is 7.55. The first-order chi connectivity index (χ1) is 8.38. The molecule has 18 heavy (non-hydrogen) atoms. The number of carbonyl (C=O) groups is 1. The Bertz CT molecular complexity index is 259. The van der Waals surface area contributed by atoms with Gasteiger partial charge in [-0.1, -0.05) is 0 Å². The first-order valence-electron chi connectivity index (χ1n) is 6.74. The van der Waals surface area contributed by atoms with Crippen molar-refractivity contribution in [3.8, 4) is 0 Å². The highest BCUT2D eigenvalue weighted by Crippen LogP contribution is 2.32. The van der Waals surface area contributed by atoms with Gasteiger partial charge in [-0.15, -0.1) is 0 Å². The summed E-state index contributed by atoms with van der Waals surface area (Å²) >= 11 is 0. The fourth-order valence-electron chi connectivity index (χ4n) is 1.62. The molecule has 0 aromatic carbocycles. The molecule has 1 rings (SSSR count). The molecule has 1 fully saturated rings. The van der Waals surface area contributed by atoms with Gasteiger partial charge in [-0.2, -0.15) is 0 Å². The Morgan fingerprint density at radius 3 is 2.61 bits per heavy atom. The lowest BCUT2D eigenvalue weighted by Crippen LogP contribution is -2.35. The van der Waals surface area contributed by atoms with E-state index in [0.29, 0.717) is 19.0 Å². The second kappa shape index (κ2) is 6.95. The SMILES string of the molecule is CC(C)(C)OC(=O)NCCCNCC(O)C1CC1. The Morgan fingerprint density at radius 1 is 1.39 bits per heavy atom. The van der Waals surface area contributed by atoms with Crippen LogP contribution in [0.5, 0.6) is 0 Å². The highest BCUT2D eigenvalue weighted by atomic mass is 16.6. The van der Waals surface area contributed by atoms with Gasteiger partial charge < -0.3 is 20.5 Å². The predicted molar refractivity (Wildman–Crippen MR) is 70.5 cm³/mol. The quantitative estimate of drug-likeness (QED) is 0.601. The Balaban J connectivity index is 1.90. The van der Waals surface area contributed by atoms with E-state index in [2.05, 4.69) is 10.6 Å². The first kappa shape index (κ1) is 15.2. The summed E-state index contributed by atoms with van der Waals surface area (Å²) in [5.74, 6) is 0.511. The molecule has 0 spiro atoms. The standard InChI is InChI=1S/C13H26N2O3/c1-13(2,3)18-12(17)15-8-4-7-14-9-11(16)10-5-6-10/h10-11,14,16H,4-9H2,1-3H3,(H,15,17). The van der Waals surface area contributed by atoms with Crippen molar-refractivity contribution in [3.05, 3.63) is 0 Å². The number of alkyl carbamates (subject to hydrolysis) is 1. The molecule has 1 atom stereocenters. The summed E-state index contributed by atoms with van der Waals surface area (Å²) in [5.41, 5.74) is -0.448. The van der Waals surface area contributed by atoms with Gasteiger partial charge in [0, 0.05) is 13.1 Å². The van der Waals surface area contributed by atoms with Gasteiger partial charge in [0.1, 0.15) is 5.60 Å². The first-order valence-corrected chi connectivity index (χ1v) is 6.74. The van der Waals surface area contributed by atoms with Gasteiger partial charge in [-0.25, -0.2) is 4.79 Å².